The average molecular weight is 2090 g/mol. The van der Waals surface area contributed by atoms with Gasteiger partial charge in [0.05, 0.1) is 22.8 Å². The zero-order chi connectivity index (χ0) is 106. The van der Waals surface area contributed by atoms with E-state index in [1.165, 1.54) is 38.5 Å². The Kier molecular flexibility index (Phi) is 44.6. The molecule has 17 rings (SSSR count). The summed E-state index contributed by atoms with van der Waals surface area (Å²) >= 11 is 3.20. The number of pyridine rings is 11. The molecule has 24 N–H and O–H groups in total. The van der Waals surface area contributed by atoms with E-state index < -0.39 is 14.2 Å². The lowest BCUT2D eigenvalue weighted by Gasteiger charge is -2.06. The van der Waals surface area contributed by atoms with Crippen molar-refractivity contribution >= 4 is 118 Å². The van der Waals surface area contributed by atoms with Crippen molar-refractivity contribution in [2.45, 2.75) is 0 Å². The van der Waals surface area contributed by atoms with E-state index in [0.29, 0.717) is 85.1 Å². The smallest absolute Gasteiger partial charge is 0.423 e. The van der Waals surface area contributed by atoms with Gasteiger partial charge in [0.1, 0.15) is 89.8 Å². The molecule has 6 aromatic carbocycles. The molecule has 0 unspecified atom stereocenters. The number of nitriles is 2. The molecule has 41 heteroatoms. The molecule has 0 atom stereocenters. The fourth-order valence-electron chi connectivity index (χ4n) is 13.0. The maximum Gasteiger partial charge on any atom is 0.488 e. The molecule has 0 aliphatic heterocycles. The molecule has 0 amide bonds. The van der Waals surface area contributed by atoms with Crippen LogP contribution in [-0.4, -0.2) is 149 Å². The lowest BCUT2D eigenvalue weighted by molar-refractivity contribution is 0.213. The van der Waals surface area contributed by atoms with E-state index in [9.17, 15) is 0 Å². The number of nitrogens with two attached hydrogens (primary N) is 8. The molecule has 0 saturated carbocycles. The first-order valence-corrected chi connectivity index (χ1v) is 44.4. The second kappa shape index (κ2) is 58.0. The van der Waals surface area contributed by atoms with Crippen LogP contribution in [0.25, 0.3) is 128 Å². The summed E-state index contributed by atoms with van der Waals surface area (Å²) < 4.78 is 0.890. The molecule has 0 spiro atoms. The number of nitrogen functional groups attached to an aromatic ring is 2. The van der Waals surface area contributed by atoms with Gasteiger partial charge in [0.2, 0.25) is 0 Å². The predicted molar refractivity (Wildman–Crippen MR) is 593 cm³/mol. The Balaban J connectivity index is 0.000000215. The first-order valence-electron chi connectivity index (χ1n) is 43.6. The number of rotatable bonds is 22. The number of nitrogens with one attached hydrogen (secondary N) is 2. The maximum atomic E-state index is 8.76. The van der Waals surface area contributed by atoms with Crippen LogP contribution in [0.5, 0.6) is 0 Å². The fraction of sp³-hybridized carbons (Fsp3) is 0.0185. The minimum atomic E-state index is -1.52. The number of oxime groups is 4. The van der Waals surface area contributed by atoms with Crippen molar-refractivity contribution in [2.24, 2.45) is 66.5 Å². The quantitative estimate of drug-likeness (QED) is 0.00570. The topological polar surface area (TPSA) is 639 Å². The van der Waals surface area contributed by atoms with E-state index in [4.69, 9.17) is 104 Å². The fourth-order valence-corrected chi connectivity index (χ4v) is 13.3. The van der Waals surface area contributed by atoms with Gasteiger partial charge in [-0.3, -0.25) is 50.7 Å². The Morgan fingerprint density at radius 3 is 0.678 bits per heavy atom. The zero-order valence-electron chi connectivity index (χ0n) is 79.8. The first-order chi connectivity index (χ1) is 71.0. The van der Waals surface area contributed by atoms with E-state index in [2.05, 4.69) is 156 Å². The van der Waals surface area contributed by atoms with Gasteiger partial charge in [0, 0.05) is 122 Å². The Morgan fingerprint density at radius 1 is 0.309 bits per heavy atom. The van der Waals surface area contributed by atoms with Crippen LogP contribution in [0.2, 0.25) is 0 Å². The molecular weight excluding hydrogens is 1990 g/mol. The monoisotopic (exact) mass is 2080 g/mol. The van der Waals surface area contributed by atoms with E-state index in [0.717, 1.165) is 116 Å². The lowest BCUT2D eigenvalue weighted by atomic mass is 9.75. The van der Waals surface area contributed by atoms with Gasteiger partial charge in [-0.1, -0.05) is 241 Å². The van der Waals surface area contributed by atoms with Gasteiger partial charge in [0.25, 0.3) is 5.82 Å². The number of halogens is 3. The molecule has 0 fully saturated rings. The second-order valence-electron chi connectivity index (χ2n) is 30.5. The van der Waals surface area contributed by atoms with Crippen molar-refractivity contribution in [1.29, 1.82) is 21.3 Å². The Morgan fingerprint density at radius 2 is 0.510 bits per heavy atom. The Hall–Kier alpha value is -19.7. The SMILES string of the molecule is C=C.C=C(N)c1ccc(-c2ccc(-c3ccc(C(=C)N)nc3)cc2)cn1.CO/N=C(\N)c1ccc(-c2ccc(-c3ccc(/C(N)=N/OC)nc3)cc2)cn1.Cl.Cl.N#Cc1ccc(Br)cn1.N/C(=N\O)c1ccc(-c2ccc(-c3ccc(/C(N)=N\O)nc3)cc2)cn1.N=C(N)c1ccc(-c2ccc(-c3ccc(C(=N)N)nc3)cc2)cn1.OB(O)c1ccc(B(O)O)cc1.[C-]#[N+]c1ccc(-c2ccc(-c3ccc(C#N)nc3)cc2)cn1. The summed E-state index contributed by atoms with van der Waals surface area (Å²) in [7, 11) is -0.160. The Labute approximate surface area is 879 Å². The second-order valence-corrected chi connectivity index (χ2v) is 31.4. The molecule has 0 aliphatic rings. The van der Waals surface area contributed by atoms with Crippen molar-refractivity contribution in [3.8, 4) is 123 Å². The lowest BCUT2D eigenvalue weighted by Crippen LogP contribution is -2.34. The van der Waals surface area contributed by atoms with Gasteiger partial charge in [0.15, 0.2) is 23.3 Å². The molecule has 36 nitrogen and oxygen atoms in total. The standard InChI is InChI=1S/C20H20N6O2.C20H18N4.C18H16N6O2.C18H16N6.C18H10N4.C6H8B2O4.C6H3BrN2.C2H4.2ClH/c1-27-25-19(21)17-9-7-15(11-23-17)13-3-5-14(6-4-13)16-8-10-18(24-12-16)20(22)26-28-2;1-13(21)19-9-7-17(11-23-19)15-3-5-16(6-4-15)18-8-10-20(14(2)22)24-12-18;19-17(23-25)15-7-5-13(9-21-15)11-1-2-12(4-3-11)14-6-8-16(22-10-14)18(20)24-26;19-17(20)15-7-5-13(9-23-15)11-1-2-12(4-3-11)14-6-8-16(18(21)22)24-10-14;1-20-18-9-7-16(12-22-18)14-4-2-13(3-5-14)15-6-8-17(10-19)21-11-15;9-7(10)5-1-2-6(4-3-5)8(11)12;7-5-1-2-6(3-8)9-4-5;1-2;;/h3-12H,1-2H3,(H2,21,25)(H2,22,26);3-12H,1-2,21-22H2;1-10,25-26H,(H2,19,23)(H2,20,24);1-10H,(H3,19,20)(H3,21,22);2-9,11-12H;1-4,9-12H;1-2,4H;1-2H2;2*1H. The predicted octanol–water partition coefficient (Wildman–Crippen LogP) is 15.0. The van der Waals surface area contributed by atoms with Crippen LogP contribution in [0.1, 0.15) is 56.9 Å². The molecule has 11 aromatic heterocycles. The highest BCUT2D eigenvalue weighted by Gasteiger charge is 2.17. The number of hydrogen-bond donors (Lipinski definition) is 16. The molecule has 149 heavy (non-hydrogen) atoms. The summed E-state index contributed by atoms with van der Waals surface area (Å²) in [5, 5.41) is 97.1. The number of amidine groups is 6. The molecule has 0 bridgehead atoms. The largest absolute Gasteiger partial charge is 0.488 e. The summed E-state index contributed by atoms with van der Waals surface area (Å²) in [4.78, 5) is 58.5. The molecule has 744 valence electrons. The van der Waals surface area contributed by atoms with Crippen LogP contribution in [0.3, 0.4) is 0 Å². The van der Waals surface area contributed by atoms with Gasteiger partial charge in [-0.25, -0.2) is 9.97 Å². The summed E-state index contributed by atoms with van der Waals surface area (Å²) in [6.45, 7) is 20.3. The van der Waals surface area contributed by atoms with Gasteiger partial charge in [-0.2, -0.15) is 10.5 Å². The van der Waals surface area contributed by atoms with Crippen molar-refractivity contribution < 1.29 is 40.2 Å². The normalized spacial score (nSPS) is 10.4. The van der Waals surface area contributed by atoms with E-state index in [1.807, 2.05) is 182 Å². The maximum absolute atomic E-state index is 8.76. The summed E-state index contributed by atoms with van der Waals surface area (Å²) in [6.07, 6.45) is 18.8. The molecule has 0 aliphatic carbocycles. The van der Waals surface area contributed by atoms with Gasteiger partial charge in [-0.15, -0.1) is 43.0 Å². The van der Waals surface area contributed by atoms with E-state index >= 15 is 0 Å². The van der Waals surface area contributed by atoms with Gasteiger partial charge < -0.3 is 90.9 Å². The molecule has 11 heterocycles. The van der Waals surface area contributed by atoms with Crippen molar-refractivity contribution in [3.63, 3.8) is 0 Å². The van der Waals surface area contributed by atoms with Crippen LogP contribution in [0, 0.1) is 40.1 Å². The molecule has 0 radical (unpaired) electrons. The zero-order valence-corrected chi connectivity index (χ0v) is 83.0. The number of hydrogen-bond acceptors (Lipinski definition) is 29. The van der Waals surface area contributed by atoms with Crippen LogP contribution in [0.15, 0.2) is 399 Å². The average Bonchev–Trinajstić information content (AvgIpc) is 0.903. The summed E-state index contributed by atoms with van der Waals surface area (Å²) in [6, 6.07) is 89.9. The third-order valence-electron chi connectivity index (χ3n) is 20.8. The van der Waals surface area contributed by atoms with Crippen molar-refractivity contribution in [3.05, 3.63) is 446 Å². The highest BCUT2D eigenvalue weighted by Crippen LogP contribution is 2.32. The van der Waals surface area contributed by atoms with Gasteiger partial charge in [-0.05, 0) is 161 Å². The first kappa shape index (κ1) is 115. The van der Waals surface area contributed by atoms with Crippen molar-refractivity contribution in [1.82, 2.24) is 54.8 Å². The molecule has 0 saturated heterocycles. The molecule has 17 aromatic rings. The summed E-state index contributed by atoms with van der Waals surface area (Å²) in [5.41, 5.74) is 71.3. The number of benzene rings is 6. The van der Waals surface area contributed by atoms with Crippen molar-refractivity contribution in [2.75, 3.05) is 14.2 Å². The van der Waals surface area contributed by atoms with E-state index in [1.54, 1.807) is 129 Å². The van der Waals surface area contributed by atoms with Crippen LogP contribution < -0.4 is 56.8 Å². The molecular formula is C108H97B2BrCl2N28O8. The third kappa shape index (κ3) is 33.7. The number of aromatic nitrogens is 11. The minimum Gasteiger partial charge on any atom is -0.423 e. The van der Waals surface area contributed by atoms with Crippen LogP contribution >= 0.6 is 40.7 Å². The third-order valence-corrected chi connectivity index (χ3v) is 21.3. The summed E-state index contributed by atoms with van der Waals surface area (Å²) in [5.74, 6) is 0.707. The highest BCUT2D eigenvalue weighted by atomic mass is 79.9. The Bertz CT molecular complexity index is 6960. The minimum absolute atomic E-state index is 0. The van der Waals surface area contributed by atoms with Crippen LogP contribution in [-0.2, 0) is 9.68 Å². The number of nitrogens with zero attached hydrogens (tertiary/aromatic N) is 18. The van der Waals surface area contributed by atoms with E-state index in [-0.39, 0.29) is 59.8 Å². The van der Waals surface area contributed by atoms with Crippen LogP contribution in [0.4, 0.5) is 5.82 Å². The van der Waals surface area contributed by atoms with Gasteiger partial charge >= 0.3 is 14.2 Å². The highest BCUT2D eigenvalue weighted by molar-refractivity contribution is 9.10.